The van der Waals surface area contributed by atoms with Crippen molar-refractivity contribution in [2.24, 2.45) is 0 Å². The van der Waals surface area contributed by atoms with Crippen LogP contribution in [0.3, 0.4) is 0 Å². The average molecular weight is 388 g/mol. The molecule has 0 saturated carbocycles. The van der Waals surface area contributed by atoms with Crippen molar-refractivity contribution in [3.63, 3.8) is 0 Å². The minimum absolute atomic E-state index is 0.122. The number of rotatable bonds is 5. The van der Waals surface area contributed by atoms with Crippen molar-refractivity contribution in [3.8, 4) is 0 Å². The van der Waals surface area contributed by atoms with E-state index in [1.54, 1.807) is 0 Å². The predicted molar refractivity (Wildman–Crippen MR) is 98.8 cm³/mol. The molecule has 0 atom stereocenters. The number of halogens is 1. The normalized spacial score (nSPS) is 16.5. The van der Waals surface area contributed by atoms with Crippen molar-refractivity contribution >= 4 is 21.9 Å². The summed E-state index contributed by atoms with van der Waals surface area (Å²) in [6.07, 6.45) is 2.75. The Labute approximate surface area is 151 Å². The minimum Gasteiger partial charge on any atom is -0.454 e. The molecular weight excluding hydrogens is 366 g/mol. The van der Waals surface area contributed by atoms with Crippen molar-refractivity contribution in [2.75, 3.05) is 13.1 Å². The average Bonchev–Trinajstić information content (AvgIpc) is 2.63. The van der Waals surface area contributed by atoms with Crippen LogP contribution in [0.1, 0.15) is 30.4 Å². The Morgan fingerprint density at radius 1 is 1.04 bits per heavy atom. The molecule has 1 saturated heterocycles. The maximum absolute atomic E-state index is 12.5. The third-order valence-electron chi connectivity index (χ3n) is 4.55. The number of carbonyl (C=O) groups excluding carboxylic acids is 1. The van der Waals surface area contributed by atoms with Gasteiger partial charge in [-0.05, 0) is 42.8 Å². The molecule has 0 aromatic heterocycles. The van der Waals surface area contributed by atoms with Crippen molar-refractivity contribution in [2.45, 2.75) is 31.3 Å². The first-order valence-electron chi connectivity index (χ1n) is 8.40. The molecule has 0 unspecified atom stereocenters. The molecule has 0 radical (unpaired) electrons. The summed E-state index contributed by atoms with van der Waals surface area (Å²) in [6, 6.07) is 18.2. The second-order valence-electron chi connectivity index (χ2n) is 6.21. The summed E-state index contributed by atoms with van der Waals surface area (Å²) in [5.41, 5.74) is 1.77. The van der Waals surface area contributed by atoms with Gasteiger partial charge in [-0.3, -0.25) is 4.79 Å². The maximum atomic E-state index is 12.5. The van der Waals surface area contributed by atoms with Gasteiger partial charge in [-0.1, -0.05) is 58.4 Å². The van der Waals surface area contributed by atoms with Crippen LogP contribution in [0.25, 0.3) is 0 Å². The van der Waals surface area contributed by atoms with E-state index >= 15 is 0 Å². The highest BCUT2D eigenvalue weighted by Gasteiger charge is 2.37. The number of aryl methyl sites for hydroxylation is 1. The number of esters is 1. The van der Waals surface area contributed by atoms with Gasteiger partial charge in [-0.2, -0.15) is 0 Å². The van der Waals surface area contributed by atoms with E-state index < -0.39 is 5.60 Å². The van der Waals surface area contributed by atoms with Gasteiger partial charge < -0.3 is 10.1 Å². The quantitative estimate of drug-likeness (QED) is 0.781. The summed E-state index contributed by atoms with van der Waals surface area (Å²) in [5, 5.41) is 3.35. The number of benzene rings is 2. The Bertz CT molecular complexity index is 664. The first kappa shape index (κ1) is 17.2. The smallest absolute Gasteiger partial charge is 0.307 e. The SMILES string of the molecule is O=C(CCc1ccc(Br)cc1)OC1(c2ccccc2)CCNCC1. The summed E-state index contributed by atoms with van der Waals surface area (Å²) < 4.78 is 7.07. The first-order valence-corrected chi connectivity index (χ1v) is 9.20. The van der Waals surface area contributed by atoms with Crippen LogP contribution in [0.5, 0.6) is 0 Å². The number of nitrogens with one attached hydrogen (secondary N) is 1. The number of hydrogen-bond acceptors (Lipinski definition) is 3. The van der Waals surface area contributed by atoms with Gasteiger partial charge >= 0.3 is 5.97 Å². The second kappa shape index (κ2) is 7.95. The molecule has 126 valence electrons. The van der Waals surface area contributed by atoms with Gasteiger partial charge in [0.2, 0.25) is 0 Å². The lowest BCUT2D eigenvalue weighted by Gasteiger charge is -2.37. The molecule has 1 aliphatic rings. The summed E-state index contributed by atoms with van der Waals surface area (Å²) in [4.78, 5) is 12.5. The van der Waals surface area contributed by atoms with Gasteiger partial charge in [0.1, 0.15) is 5.60 Å². The molecular formula is C20H22BrNO2. The Balaban J connectivity index is 1.66. The molecule has 0 amide bonds. The highest BCUT2D eigenvalue weighted by Crippen LogP contribution is 2.35. The van der Waals surface area contributed by atoms with Crippen LogP contribution in [0.15, 0.2) is 59.1 Å². The molecule has 0 bridgehead atoms. The lowest BCUT2D eigenvalue weighted by atomic mass is 9.84. The molecule has 1 N–H and O–H groups in total. The lowest BCUT2D eigenvalue weighted by Crippen LogP contribution is -2.43. The molecule has 3 rings (SSSR count). The molecule has 1 fully saturated rings. The largest absolute Gasteiger partial charge is 0.454 e. The van der Waals surface area contributed by atoms with E-state index in [1.807, 2.05) is 42.5 Å². The van der Waals surface area contributed by atoms with Gasteiger partial charge in [-0.15, -0.1) is 0 Å². The van der Waals surface area contributed by atoms with Crippen molar-refractivity contribution < 1.29 is 9.53 Å². The number of piperidine rings is 1. The van der Waals surface area contributed by atoms with Gasteiger partial charge in [0.25, 0.3) is 0 Å². The summed E-state index contributed by atoms with van der Waals surface area (Å²) in [5.74, 6) is -0.122. The van der Waals surface area contributed by atoms with E-state index in [0.29, 0.717) is 12.8 Å². The third kappa shape index (κ3) is 4.25. The van der Waals surface area contributed by atoms with Crippen LogP contribution in [0.2, 0.25) is 0 Å². The fourth-order valence-electron chi connectivity index (χ4n) is 3.19. The van der Waals surface area contributed by atoms with E-state index in [0.717, 1.165) is 41.5 Å². The molecule has 0 aliphatic carbocycles. The van der Waals surface area contributed by atoms with Crippen LogP contribution in [-0.2, 0) is 21.6 Å². The first-order chi connectivity index (χ1) is 11.7. The van der Waals surface area contributed by atoms with Crippen LogP contribution in [0, 0.1) is 0 Å². The molecule has 0 spiro atoms. The Kier molecular flexibility index (Phi) is 5.69. The Hall–Kier alpha value is -1.65. The van der Waals surface area contributed by atoms with E-state index in [9.17, 15) is 4.79 Å². The molecule has 24 heavy (non-hydrogen) atoms. The monoisotopic (exact) mass is 387 g/mol. The Morgan fingerprint density at radius 2 is 1.71 bits per heavy atom. The summed E-state index contributed by atoms with van der Waals surface area (Å²) >= 11 is 3.43. The van der Waals surface area contributed by atoms with Crippen LogP contribution in [-0.4, -0.2) is 19.1 Å². The molecule has 4 heteroatoms. The van der Waals surface area contributed by atoms with E-state index in [2.05, 4.69) is 33.4 Å². The van der Waals surface area contributed by atoms with E-state index in [-0.39, 0.29) is 5.97 Å². The highest BCUT2D eigenvalue weighted by atomic mass is 79.9. The van der Waals surface area contributed by atoms with Gasteiger partial charge in [-0.25, -0.2) is 0 Å². The molecule has 2 aromatic rings. The van der Waals surface area contributed by atoms with Gasteiger partial charge in [0, 0.05) is 23.7 Å². The summed E-state index contributed by atoms with van der Waals surface area (Å²) in [7, 11) is 0. The topological polar surface area (TPSA) is 38.3 Å². The van der Waals surface area contributed by atoms with Gasteiger partial charge in [0.15, 0.2) is 0 Å². The number of hydrogen-bond donors (Lipinski definition) is 1. The molecule has 3 nitrogen and oxygen atoms in total. The van der Waals surface area contributed by atoms with Crippen LogP contribution >= 0.6 is 15.9 Å². The second-order valence-corrected chi connectivity index (χ2v) is 7.13. The fourth-order valence-corrected chi connectivity index (χ4v) is 3.45. The van der Waals surface area contributed by atoms with Crippen molar-refractivity contribution in [1.82, 2.24) is 5.32 Å². The molecule has 1 aliphatic heterocycles. The summed E-state index contributed by atoms with van der Waals surface area (Å²) in [6.45, 7) is 1.74. The van der Waals surface area contributed by atoms with E-state index in [4.69, 9.17) is 4.74 Å². The third-order valence-corrected chi connectivity index (χ3v) is 5.08. The maximum Gasteiger partial charge on any atom is 0.307 e. The minimum atomic E-state index is -0.483. The fraction of sp³-hybridized carbons (Fsp3) is 0.350. The highest BCUT2D eigenvalue weighted by molar-refractivity contribution is 9.10. The van der Waals surface area contributed by atoms with E-state index in [1.165, 1.54) is 0 Å². The Morgan fingerprint density at radius 3 is 2.38 bits per heavy atom. The molecule has 2 aromatic carbocycles. The van der Waals surface area contributed by atoms with Crippen LogP contribution in [0.4, 0.5) is 0 Å². The van der Waals surface area contributed by atoms with Crippen LogP contribution < -0.4 is 5.32 Å². The van der Waals surface area contributed by atoms with Crippen molar-refractivity contribution in [3.05, 3.63) is 70.2 Å². The zero-order valence-electron chi connectivity index (χ0n) is 13.6. The standard InChI is InChI=1S/C20H22BrNO2/c21-18-9-6-16(7-10-18)8-11-19(23)24-20(12-14-22-15-13-20)17-4-2-1-3-5-17/h1-7,9-10,22H,8,11-15H2. The predicted octanol–water partition coefficient (Wildman–Crippen LogP) is 4.20. The van der Waals surface area contributed by atoms with Crippen molar-refractivity contribution in [1.29, 1.82) is 0 Å². The van der Waals surface area contributed by atoms with Gasteiger partial charge in [0.05, 0.1) is 0 Å². The number of carbonyl (C=O) groups is 1. The molecule has 1 heterocycles. The zero-order valence-corrected chi connectivity index (χ0v) is 15.2. The number of ether oxygens (including phenoxy) is 1. The zero-order chi connectivity index (χ0) is 16.8. The lowest BCUT2D eigenvalue weighted by molar-refractivity contribution is -0.164.